The van der Waals surface area contributed by atoms with E-state index in [0.29, 0.717) is 10.8 Å². The normalized spacial score (nSPS) is 12.0. The number of ether oxygens (including phenoxy) is 3. The van der Waals surface area contributed by atoms with Gasteiger partial charge < -0.3 is 24.8 Å². The number of fused-ring (bicyclic) bond motifs is 1. The zero-order valence-electron chi connectivity index (χ0n) is 17.5. The van der Waals surface area contributed by atoms with Gasteiger partial charge in [0.15, 0.2) is 17.3 Å². The van der Waals surface area contributed by atoms with E-state index in [4.69, 9.17) is 25.8 Å². The Bertz CT molecular complexity index is 1190. The van der Waals surface area contributed by atoms with Gasteiger partial charge in [-0.25, -0.2) is 9.67 Å². The van der Waals surface area contributed by atoms with E-state index in [1.165, 1.54) is 24.1 Å². The van der Waals surface area contributed by atoms with Crippen molar-refractivity contribution in [2.75, 3.05) is 19.2 Å². The van der Waals surface area contributed by atoms with Crippen molar-refractivity contribution >= 4 is 29.1 Å². The highest BCUT2D eigenvalue weighted by molar-refractivity contribution is 6.32. The molecule has 0 aliphatic carbocycles. The van der Waals surface area contributed by atoms with Crippen LogP contribution in [-0.4, -0.2) is 46.5 Å². The number of hydrogen-bond acceptors (Lipinski definition) is 7. The maximum absolute atomic E-state index is 13.2. The van der Waals surface area contributed by atoms with Crippen LogP contribution in [0.1, 0.15) is 34.7 Å². The van der Waals surface area contributed by atoms with Crippen LogP contribution in [0.4, 0.5) is 5.69 Å². The Labute approximate surface area is 188 Å². The van der Waals surface area contributed by atoms with Gasteiger partial charge >= 0.3 is 0 Å². The topological polar surface area (TPSA) is 117 Å². The minimum absolute atomic E-state index is 0.0170. The first-order chi connectivity index (χ1) is 15.4. The van der Waals surface area contributed by atoms with Gasteiger partial charge in [-0.3, -0.25) is 9.59 Å². The number of amides is 2. The highest BCUT2D eigenvalue weighted by atomic mass is 35.5. The lowest BCUT2D eigenvalue weighted by Crippen LogP contribution is -2.31. The van der Waals surface area contributed by atoms with Crippen LogP contribution in [0, 0.1) is 0 Å². The molecule has 0 saturated carbocycles. The van der Waals surface area contributed by atoms with E-state index in [0.717, 1.165) is 0 Å². The van der Waals surface area contributed by atoms with E-state index in [-0.39, 0.29) is 47.2 Å². The molecule has 2 amide bonds. The molecule has 11 heteroatoms. The Morgan fingerprint density at radius 2 is 2.03 bits per heavy atom. The SMILES string of the molecule is COc1cc(C(=O)Nc2ccc3c(c2C(=O)NC(C)C)OCO3)n(-c2ncccc2Cl)n1. The van der Waals surface area contributed by atoms with Crippen molar-refractivity contribution in [3.63, 3.8) is 0 Å². The second kappa shape index (κ2) is 8.75. The molecule has 0 atom stereocenters. The fourth-order valence-corrected chi connectivity index (χ4v) is 3.34. The largest absolute Gasteiger partial charge is 0.480 e. The molecule has 10 nitrogen and oxygen atoms in total. The number of nitrogens with one attached hydrogen (secondary N) is 2. The number of carbonyl (C=O) groups excluding carboxylic acids is 2. The molecule has 2 N–H and O–H groups in total. The predicted molar refractivity (Wildman–Crippen MR) is 116 cm³/mol. The Balaban J connectivity index is 1.74. The predicted octanol–water partition coefficient (Wildman–Crippen LogP) is 3.05. The Morgan fingerprint density at radius 1 is 1.22 bits per heavy atom. The maximum atomic E-state index is 13.2. The van der Waals surface area contributed by atoms with E-state index < -0.39 is 11.8 Å². The number of anilines is 1. The van der Waals surface area contributed by atoms with E-state index in [1.54, 1.807) is 24.3 Å². The van der Waals surface area contributed by atoms with E-state index in [1.807, 2.05) is 13.8 Å². The van der Waals surface area contributed by atoms with Crippen LogP contribution in [0.5, 0.6) is 17.4 Å². The Morgan fingerprint density at radius 3 is 2.75 bits per heavy atom. The fraction of sp³-hybridized carbons (Fsp3) is 0.238. The third kappa shape index (κ3) is 4.04. The lowest BCUT2D eigenvalue weighted by molar-refractivity contribution is 0.0939. The van der Waals surface area contributed by atoms with Gasteiger partial charge in [0.25, 0.3) is 11.8 Å². The summed E-state index contributed by atoms with van der Waals surface area (Å²) in [6.07, 6.45) is 1.53. The number of halogens is 1. The smallest absolute Gasteiger partial charge is 0.274 e. The van der Waals surface area contributed by atoms with Crippen molar-refractivity contribution in [2.45, 2.75) is 19.9 Å². The molecule has 0 unspecified atom stereocenters. The molecule has 0 saturated heterocycles. The average molecular weight is 458 g/mol. The summed E-state index contributed by atoms with van der Waals surface area (Å²) in [6, 6.07) is 7.82. The zero-order chi connectivity index (χ0) is 22.8. The zero-order valence-corrected chi connectivity index (χ0v) is 18.3. The van der Waals surface area contributed by atoms with Crippen LogP contribution < -0.4 is 24.8 Å². The number of carbonyl (C=O) groups is 2. The van der Waals surface area contributed by atoms with Crippen LogP contribution in [0.25, 0.3) is 5.82 Å². The van der Waals surface area contributed by atoms with Crippen LogP contribution in [-0.2, 0) is 0 Å². The standard InChI is InChI=1S/C21H20ClN5O5/c1-11(2)24-21(29)17-13(6-7-15-18(17)32-10-31-15)25-20(28)14-9-16(30-3)26-27(14)19-12(22)5-4-8-23-19/h4-9,11H,10H2,1-3H3,(H,24,29)(H,25,28). The van der Waals surface area contributed by atoms with E-state index in [9.17, 15) is 9.59 Å². The molecule has 2 aromatic heterocycles. The van der Waals surface area contributed by atoms with Crippen molar-refractivity contribution in [3.8, 4) is 23.2 Å². The third-order valence-electron chi connectivity index (χ3n) is 4.50. The molecule has 1 aliphatic rings. The molecular formula is C21H20ClN5O5. The molecule has 0 radical (unpaired) electrons. The molecule has 0 spiro atoms. The van der Waals surface area contributed by atoms with Crippen molar-refractivity contribution in [1.82, 2.24) is 20.1 Å². The van der Waals surface area contributed by atoms with Crippen molar-refractivity contribution in [2.24, 2.45) is 0 Å². The van der Waals surface area contributed by atoms with Gasteiger partial charge in [-0.15, -0.1) is 5.10 Å². The molecule has 32 heavy (non-hydrogen) atoms. The van der Waals surface area contributed by atoms with Gasteiger partial charge in [-0.05, 0) is 38.1 Å². The van der Waals surface area contributed by atoms with Gasteiger partial charge in [0.05, 0.1) is 17.8 Å². The minimum Gasteiger partial charge on any atom is -0.480 e. The summed E-state index contributed by atoms with van der Waals surface area (Å²) in [6.45, 7) is 3.65. The van der Waals surface area contributed by atoms with Crippen molar-refractivity contribution in [3.05, 3.63) is 52.8 Å². The minimum atomic E-state index is -0.556. The number of nitrogens with zero attached hydrogens (tertiary/aromatic N) is 3. The average Bonchev–Trinajstić information content (AvgIpc) is 3.40. The number of pyridine rings is 1. The van der Waals surface area contributed by atoms with Crippen LogP contribution in [0.3, 0.4) is 0 Å². The fourth-order valence-electron chi connectivity index (χ4n) is 3.14. The first-order valence-electron chi connectivity index (χ1n) is 9.68. The molecule has 166 valence electrons. The molecule has 3 heterocycles. The highest BCUT2D eigenvalue weighted by Crippen LogP contribution is 2.40. The number of benzene rings is 1. The summed E-state index contributed by atoms with van der Waals surface area (Å²) in [5.74, 6) is 0.173. The van der Waals surface area contributed by atoms with Gasteiger partial charge in [0.2, 0.25) is 12.7 Å². The van der Waals surface area contributed by atoms with Crippen LogP contribution >= 0.6 is 11.6 Å². The molecular weight excluding hydrogens is 438 g/mol. The highest BCUT2D eigenvalue weighted by Gasteiger charge is 2.28. The quantitative estimate of drug-likeness (QED) is 0.584. The first-order valence-corrected chi connectivity index (χ1v) is 10.1. The van der Waals surface area contributed by atoms with Crippen molar-refractivity contribution < 1.29 is 23.8 Å². The summed E-state index contributed by atoms with van der Waals surface area (Å²) < 4.78 is 17.3. The lowest BCUT2D eigenvalue weighted by atomic mass is 10.1. The molecule has 3 aromatic rings. The summed E-state index contributed by atoms with van der Waals surface area (Å²) in [7, 11) is 1.43. The van der Waals surface area contributed by atoms with E-state index >= 15 is 0 Å². The summed E-state index contributed by atoms with van der Waals surface area (Å²) in [4.78, 5) is 30.3. The molecule has 1 aliphatic heterocycles. The number of rotatable bonds is 6. The summed E-state index contributed by atoms with van der Waals surface area (Å²) in [5, 5.41) is 10.1. The molecule has 0 fully saturated rings. The third-order valence-corrected chi connectivity index (χ3v) is 4.80. The monoisotopic (exact) mass is 457 g/mol. The second-order valence-corrected chi connectivity index (χ2v) is 7.50. The van der Waals surface area contributed by atoms with Gasteiger partial charge in [0, 0.05) is 18.3 Å². The Hall–Kier alpha value is -3.79. The van der Waals surface area contributed by atoms with Crippen LogP contribution in [0.2, 0.25) is 5.02 Å². The lowest BCUT2D eigenvalue weighted by Gasteiger charge is -2.15. The second-order valence-electron chi connectivity index (χ2n) is 7.10. The first kappa shape index (κ1) is 21.4. The number of hydrogen-bond donors (Lipinski definition) is 2. The molecule has 0 bridgehead atoms. The summed E-state index contributed by atoms with van der Waals surface area (Å²) >= 11 is 6.25. The molecule has 4 rings (SSSR count). The molecule has 1 aromatic carbocycles. The van der Waals surface area contributed by atoms with Gasteiger partial charge in [-0.1, -0.05) is 11.6 Å². The van der Waals surface area contributed by atoms with Gasteiger partial charge in [0.1, 0.15) is 11.3 Å². The number of aromatic nitrogens is 3. The van der Waals surface area contributed by atoms with E-state index in [2.05, 4.69) is 20.7 Å². The number of methoxy groups -OCH3 is 1. The van der Waals surface area contributed by atoms with Crippen molar-refractivity contribution in [1.29, 1.82) is 0 Å². The van der Waals surface area contributed by atoms with Gasteiger partial charge in [-0.2, -0.15) is 0 Å². The summed E-state index contributed by atoms with van der Waals surface area (Å²) in [5.41, 5.74) is 0.516. The maximum Gasteiger partial charge on any atom is 0.274 e. The van der Waals surface area contributed by atoms with Crippen LogP contribution in [0.15, 0.2) is 36.5 Å². The Kier molecular flexibility index (Phi) is 5.87.